The van der Waals surface area contributed by atoms with Gasteiger partial charge in [0.05, 0.1) is 6.61 Å². The fraction of sp³-hybridized carbons (Fsp3) is 0.583. The van der Waals surface area contributed by atoms with Gasteiger partial charge in [0.25, 0.3) is 0 Å². The van der Waals surface area contributed by atoms with Crippen LogP contribution in [-0.2, 0) is 4.74 Å². The summed E-state index contributed by atoms with van der Waals surface area (Å²) in [6.45, 7) is 3.53. The van der Waals surface area contributed by atoms with Crippen LogP contribution in [0.25, 0.3) is 0 Å². The maximum atomic E-state index is 11.2. The Morgan fingerprint density at radius 2 is 2.31 bits per heavy atom. The molecule has 0 saturated heterocycles. The van der Waals surface area contributed by atoms with Crippen molar-refractivity contribution in [2.45, 2.75) is 19.8 Å². The SMILES string of the molecule is CC(=O)c1sccc1OCCOCC1CC1. The van der Waals surface area contributed by atoms with Gasteiger partial charge in [-0.15, -0.1) is 11.3 Å². The number of carbonyl (C=O) groups excluding carboxylic acids is 1. The van der Waals surface area contributed by atoms with E-state index < -0.39 is 0 Å². The third-order valence-corrected chi connectivity index (χ3v) is 3.48. The van der Waals surface area contributed by atoms with Crippen LogP contribution in [0.15, 0.2) is 11.4 Å². The highest BCUT2D eigenvalue weighted by molar-refractivity contribution is 7.12. The molecule has 1 aromatic rings. The van der Waals surface area contributed by atoms with Gasteiger partial charge < -0.3 is 9.47 Å². The number of ketones is 1. The minimum atomic E-state index is 0.0592. The van der Waals surface area contributed by atoms with Crippen molar-refractivity contribution in [1.82, 2.24) is 0 Å². The van der Waals surface area contributed by atoms with Crippen molar-refractivity contribution < 1.29 is 14.3 Å². The number of thiophene rings is 1. The van der Waals surface area contributed by atoms with Gasteiger partial charge in [0.15, 0.2) is 5.78 Å². The Bertz CT molecular complexity index is 355. The minimum absolute atomic E-state index is 0.0592. The van der Waals surface area contributed by atoms with E-state index in [-0.39, 0.29) is 5.78 Å². The number of hydrogen-bond donors (Lipinski definition) is 0. The number of Topliss-reactive ketones (excluding diaryl/α,β-unsaturated/α-hetero) is 1. The van der Waals surface area contributed by atoms with Gasteiger partial charge in [-0.2, -0.15) is 0 Å². The molecule has 1 saturated carbocycles. The third kappa shape index (κ3) is 3.32. The van der Waals surface area contributed by atoms with E-state index in [2.05, 4.69) is 0 Å². The highest BCUT2D eigenvalue weighted by atomic mass is 32.1. The number of ether oxygens (including phenoxy) is 2. The molecule has 0 atom stereocenters. The zero-order chi connectivity index (χ0) is 11.4. The lowest BCUT2D eigenvalue weighted by atomic mass is 10.3. The van der Waals surface area contributed by atoms with Crippen molar-refractivity contribution in [3.63, 3.8) is 0 Å². The van der Waals surface area contributed by atoms with E-state index in [1.165, 1.54) is 24.2 Å². The van der Waals surface area contributed by atoms with Crippen molar-refractivity contribution in [3.8, 4) is 5.75 Å². The van der Waals surface area contributed by atoms with E-state index in [4.69, 9.17) is 9.47 Å². The largest absolute Gasteiger partial charge is 0.490 e. The summed E-state index contributed by atoms with van der Waals surface area (Å²) in [5, 5.41) is 1.87. The highest BCUT2D eigenvalue weighted by Gasteiger charge is 2.20. The van der Waals surface area contributed by atoms with Crippen LogP contribution < -0.4 is 4.74 Å². The Hall–Kier alpha value is -0.870. The quantitative estimate of drug-likeness (QED) is 0.543. The van der Waals surface area contributed by atoms with Gasteiger partial charge in [-0.05, 0) is 30.2 Å². The standard InChI is InChI=1S/C12H16O3S/c1-9(13)12-11(4-7-16-12)15-6-5-14-8-10-2-3-10/h4,7,10H,2-3,5-6,8H2,1H3. The Balaban J connectivity index is 1.67. The van der Waals surface area contributed by atoms with Gasteiger partial charge in [-0.25, -0.2) is 0 Å². The van der Waals surface area contributed by atoms with Gasteiger partial charge >= 0.3 is 0 Å². The molecule has 1 aromatic heterocycles. The second-order valence-electron chi connectivity index (χ2n) is 4.04. The number of carbonyl (C=O) groups is 1. The van der Waals surface area contributed by atoms with E-state index in [9.17, 15) is 4.79 Å². The predicted octanol–water partition coefficient (Wildman–Crippen LogP) is 2.76. The second kappa shape index (κ2) is 5.46. The molecule has 0 radical (unpaired) electrons. The number of hydrogen-bond acceptors (Lipinski definition) is 4. The summed E-state index contributed by atoms with van der Waals surface area (Å²) in [5.41, 5.74) is 0. The third-order valence-electron chi connectivity index (χ3n) is 2.48. The molecule has 0 aliphatic heterocycles. The first-order chi connectivity index (χ1) is 7.77. The van der Waals surface area contributed by atoms with Crippen LogP contribution >= 0.6 is 11.3 Å². The molecule has 0 amide bonds. The molecule has 0 unspecified atom stereocenters. The van der Waals surface area contributed by atoms with Crippen molar-refractivity contribution in [3.05, 3.63) is 16.3 Å². The fourth-order valence-corrected chi connectivity index (χ4v) is 2.15. The first-order valence-electron chi connectivity index (χ1n) is 5.56. The maximum absolute atomic E-state index is 11.2. The molecule has 3 nitrogen and oxygen atoms in total. The average molecular weight is 240 g/mol. The van der Waals surface area contributed by atoms with Gasteiger partial charge in [-0.1, -0.05) is 0 Å². The van der Waals surface area contributed by atoms with Crippen LogP contribution in [0, 0.1) is 5.92 Å². The van der Waals surface area contributed by atoms with Crippen LogP contribution in [0.5, 0.6) is 5.75 Å². The highest BCUT2D eigenvalue weighted by Crippen LogP contribution is 2.28. The summed E-state index contributed by atoms with van der Waals surface area (Å²) in [7, 11) is 0. The Morgan fingerprint density at radius 3 is 3.00 bits per heavy atom. The lowest BCUT2D eigenvalue weighted by Crippen LogP contribution is -2.09. The molecule has 0 bridgehead atoms. The number of rotatable bonds is 7. The smallest absolute Gasteiger partial charge is 0.173 e. The van der Waals surface area contributed by atoms with Gasteiger partial charge in [0.1, 0.15) is 17.2 Å². The Morgan fingerprint density at radius 1 is 1.50 bits per heavy atom. The summed E-state index contributed by atoms with van der Waals surface area (Å²) in [4.78, 5) is 11.9. The lowest BCUT2D eigenvalue weighted by Gasteiger charge is -2.06. The summed E-state index contributed by atoms with van der Waals surface area (Å²) >= 11 is 1.42. The first kappa shape index (κ1) is 11.6. The van der Waals surface area contributed by atoms with E-state index in [0.717, 1.165) is 12.5 Å². The summed E-state index contributed by atoms with van der Waals surface area (Å²) in [6.07, 6.45) is 2.61. The van der Waals surface area contributed by atoms with E-state index in [1.807, 2.05) is 11.4 Å². The zero-order valence-electron chi connectivity index (χ0n) is 9.40. The molecule has 4 heteroatoms. The molecule has 0 spiro atoms. The van der Waals surface area contributed by atoms with Crippen LogP contribution in [0.1, 0.15) is 29.4 Å². The summed E-state index contributed by atoms with van der Waals surface area (Å²) in [5.74, 6) is 1.53. The molecule has 2 rings (SSSR count). The molecule has 1 heterocycles. The molecular weight excluding hydrogens is 224 g/mol. The van der Waals surface area contributed by atoms with E-state index in [1.54, 1.807) is 6.92 Å². The van der Waals surface area contributed by atoms with Gasteiger partial charge in [-0.3, -0.25) is 4.79 Å². The van der Waals surface area contributed by atoms with Crippen LogP contribution in [-0.4, -0.2) is 25.6 Å². The van der Waals surface area contributed by atoms with Crippen molar-refractivity contribution in [2.24, 2.45) is 5.92 Å². The first-order valence-corrected chi connectivity index (χ1v) is 6.44. The predicted molar refractivity (Wildman–Crippen MR) is 63.4 cm³/mol. The van der Waals surface area contributed by atoms with Gasteiger partial charge in [0.2, 0.25) is 0 Å². The normalized spacial score (nSPS) is 15.1. The Kier molecular flexibility index (Phi) is 3.96. The van der Waals surface area contributed by atoms with Crippen LogP contribution in [0.4, 0.5) is 0 Å². The van der Waals surface area contributed by atoms with Gasteiger partial charge in [0, 0.05) is 13.5 Å². The van der Waals surface area contributed by atoms with Crippen LogP contribution in [0.2, 0.25) is 0 Å². The zero-order valence-corrected chi connectivity index (χ0v) is 10.2. The molecule has 16 heavy (non-hydrogen) atoms. The minimum Gasteiger partial charge on any atom is -0.490 e. The second-order valence-corrected chi connectivity index (χ2v) is 4.95. The molecular formula is C12H16O3S. The molecule has 1 fully saturated rings. The van der Waals surface area contributed by atoms with Crippen LogP contribution in [0.3, 0.4) is 0 Å². The van der Waals surface area contributed by atoms with Crippen molar-refractivity contribution >= 4 is 17.1 Å². The van der Waals surface area contributed by atoms with Crippen molar-refractivity contribution in [2.75, 3.05) is 19.8 Å². The fourth-order valence-electron chi connectivity index (χ4n) is 1.41. The van der Waals surface area contributed by atoms with E-state index >= 15 is 0 Å². The summed E-state index contributed by atoms with van der Waals surface area (Å²) < 4.78 is 11.0. The van der Waals surface area contributed by atoms with Crippen molar-refractivity contribution in [1.29, 1.82) is 0 Å². The van der Waals surface area contributed by atoms with E-state index in [0.29, 0.717) is 23.8 Å². The Labute approximate surface area is 99.4 Å². The summed E-state index contributed by atoms with van der Waals surface area (Å²) in [6, 6.07) is 1.84. The molecule has 88 valence electrons. The monoisotopic (exact) mass is 240 g/mol. The maximum Gasteiger partial charge on any atom is 0.173 e. The lowest BCUT2D eigenvalue weighted by molar-refractivity contribution is 0.0912. The molecule has 0 aromatic carbocycles. The molecule has 1 aliphatic carbocycles. The topological polar surface area (TPSA) is 35.5 Å². The molecule has 0 N–H and O–H groups in total. The average Bonchev–Trinajstić information content (AvgIpc) is 2.94. The molecule has 1 aliphatic rings.